The van der Waals surface area contributed by atoms with Gasteiger partial charge in [0.05, 0.1) is 10.0 Å². The van der Waals surface area contributed by atoms with Gasteiger partial charge in [-0.2, -0.15) is 5.26 Å². The highest BCUT2D eigenvalue weighted by molar-refractivity contribution is 6.37. The highest BCUT2D eigenvalue weighted by atomic mass is 35.5. The second kappa shape index (κ2) is 10.3. The first-order chi connectivity index (χ1) is 15.3. The van der Waals surface area contributed by atoms with Crippen molar-refractivity contribution >= 4 is 40.9 Å². The molecular weight excluding hydrogens is 450 g/mol. The number of carbonyl (C=O) groups is 1. The fourth-order valence-electron chi connectivity index (χ4n) is 2.94. The molecular formula is C25H19Cl2FN2O2. The number of anilines is 1. The van der Waals surface area contributed by atoms with E-state index in [1.165, 1.54) is 24.3 Å². The third-order valence-corrected chi connectivity index (χ3v) is 5.23. The fraction of sp³-hybridized carbons (Fsp3) is 0.120. The summed E-state index contributed by atoms with van der Waals surface area (Å²) in [6, 6.07) is 16.8. The third kappa shape index (κ3) is 5.67. The highest BCUT2D eigenvalue weighted by Crippen LogP contribution is 2.35. The lowest BCUT2D eigenvalue weighted by Gasteiger charge is -2.12. The van der Waals surface area contributed by atoms with E-state index in [4.69, 9.17) is 27.9 Å². The number of aryl methyl sites for hydroxylation is 2. The van der Waals surface area contributed by atoms with Crippen LogP contribution in [0.5, 0.6) is 5.75 Å². The standard InChI is InChI=1S/C25H19Cl2FN2O2/c1-15-7-8-16(2)23(9-15)30-25(31)19(13-29)10-17-11-20(26)24(21(27)12-17)32-14-18-5-3-4-6-22(18)28/h3-12H,14H2,1-2H3,(H,30,31)/b19-10+. The Morgan fingerprint density at radius 1 is 1.12 bits per heavy atom. The van der Waals surface area contributed by atoms with Crippen molar-refractivity contribution in [3.05, 3.63) is 98.3 Å². The van der Waals surface area contributed by atoms with E-state index in [1.54, 1.807) is 18.2 Å². The summed E-state index contributed by atoms with van der Waals surface area (Å²) in [7, 11) is 0. The molecule has 0 aliphatic heterocycles. The Morgan fingerprint density at radius 2 is 1.81 bits per heavy atom. The van der Waals surface area contributed by atoms with E-state index >= 15 is 0 Å². The lowest BCUT2D eigenvalue weighted by Crippen LogP contribution is -2.14. The number of hydrogen-bond donors (Lipinski definition) is 1. The maximum absolute atomic E-state index is 13.8. The Balaban J connectivity index is 1.80. The summed E-state index contributed by atoms with van der Waals surface area (Å²) < 4.78 is 19.4. The minimum atomic E-state index is -0.548. The zero-order valence-electron chi connectivity index (χ0n) is 17.4. The van der Waals surface area contributed by atoms with Gasteiger partial charge in [-0.05, 0) is 60.9 Å². The van der Waals surface area contributed by atoms with Gasteiger partial charge in [-0.25, -0.2) is 4.39 Å². The largest absolute Gasteiger partial charge is 0.486 e. The maximum Gasteiger partial charge on any atom is 0.266 e. The second-order valence-corrected chi connectivity index (χ2v) is 7.95. The van der Waals surface area contributed by atoms with Crippen LogP contribution in [0, 0.1) is 31.0 Å². The van der Waals surface area contributed by atoms with Gasteiger partial charge in [-0.3, -0.25) is 4.79 Å². The number of halogens is 3. The van der Waals surface area contributed by atoms with Crippen LogP contribution in [0.2, 0.25) is 10.0 Å². The van der Waals surface area contributed by atoms with Crippen LogP contribution in [-0.2, 0) is 11.4 Å². The topological polar surface area (TPSA) is 62.1 Å². The van der Waals surface area contributed by atoms with Crippen LogP contribution in [0.15, 0.2) is 60.2 Å². The summed E-state index contributed by atoms with van der Waals surface area (Å²) in [6.45, 7) is 3.73. The number of hydrogen-bond acceptors (Lipinski definition) is 3. The van der Waals surface area contributed by atoms with Gasteiger partial charge in [0.25, 0.3) is 5.91 Å². The first-order valence-electron chi connectivity index (χ1n) is 9.64. The monoisotopic (exact) mass is 468 g/mol. The van der Waals surface area contributed by atoms with Crippen LogP contribution in [-0.4, -0.2) is 5.91 Å². The quantitative estimate of drug-likeness (QED) is 0.316. The van der Waals surface area contributed by atoms with Crippen LogP contribution in [0.25, 0.3) is 6.08 Å². The zero-order chi connectivity index (χ0) is 23.3. The molecule has 3 aromatic carbocycles. The van der Waals surface area contributed by atoms with Crippen LogP contribution >= 0.6 is 23.2 Å². The van der Waals surface area contributed by atoms with Crippen LogP contribution in [0.3, 0.4) is 0 Å². The van der Waals surface area contributed by atoms with Gasteiger partial charge in [-0.1, -0.05) is 53.5 Å². The van der Waals surface area contributed by atoms with Crippen molar-refractivity contribution in [2.75, 3.05) is 5.32 Å². The lowest BCUT2D eigenvalue weighted by atomic mass is 10.1. The number of rotatable bonds is 6. The molecule has 0 aliphatic rings. The molecule has 7 heteroatoms. The number of nitriles is 1. The van der Waals surface area contributed by atoms with E-state index in [0.29, 0.717) is 16.8 Å². The average Bonchev–Trinajstić information content (AvgIpc) is 2.75. The van der Waals surface area contributed by atoms with Crippen molar-refractivity contribution in [2.45, 2.75) is 20.5 Å². The molecule has 0 aliphatic carbocycles. The number of nitrogens with one attached hydrogen (secondary N) is 1. The molecule has 32 heavy (non-hydrogen) atoms. The Hall–Kier alpha value is -3.33. The van der Waals surface area contributed by atoms with Crippen molar-refractivity contribution in [3.8, 4) is 11.8 Å². The molecule has 0 bridgehead atoms. The van der Waals surface area contributed by atoms with Crippen molar-refractivity contribution in [1.82, 2.24) is 0 Å². The van der Waals surface area contributed by atoms with Gasteiger partial charge in [0, 0.05) is 11.3 Å². The number of nitrogens with zero attached hydrogens (tertiary/aromatic N) is 1. The molecule has 0 spiro atoms. The Labute approximate surface area is 195 Å². The minimum absolute atomic E-state index is 0.0526. The van der Waals surface area contributed by atoms with E-state index in [0.717, 1.165) is 11.1 Å². The van der Waals surface area contributed by atoms with Crippen molar-refractivity contribution in [2.24, 2.45) is 0 Å². The van der Waals surface area contributed by atoms with Crippen molar-refractivity contribution < 1.29 is 13.9 Å². The molecule has 0 heterocycles. The van der Waals surface area contributed by atoms with Gasteiger partial charge in [0.15, 0.2) is 5.75 Å². The molecule has 1 amide bonds. The summed E-state index contributed by atoms with van der Waals surface area (Å²) >= 11 is 12.6. The van der Waals surface area contributed by atoms with E-state index in [9.17, 15) is 14.4 Å². The van der Waals surface area contributed by atoms with E-state index in [-0.39, 0.29) is 28.0 Å². The predicted octanol–water partition coefficient (Wildman–Crippen LogP) is 6.87. The molecule has 0 saturated heterocycles. The van der Waals surface area contributed by atoms with Gasteiger partial charge < -0.3 is 10.1 Å². The maximum atomic E-state index is 13.8. The molecule has 1 N–H and O–H groups in total. The third-order valence-electron chi connectivity index (χ3n) is 4.67. The number of amides is 1. The number of carbonyl (C=O) groups excluding carboxylic acids is 1. The van der Waals surface area contributed by atoms with Crippen LogP contribution in [0.4, 0.5) is 10.1 Å². The van der Waals surface area contributed by atoms with Crippen LogP contribution < -0.4 is 10.1 Å². The second-order valence-electron chi connectivity index (χ2n) is 7.14. The van der Waals surface area contributed by atoms with E-state index < -0.39 is 11.7 Å². The number of ether oxygens (including phenoxy) is 1. The van der Waals surface area contributed by atoms with Gasteiger partial charge in [0.1, 0.15) is 24.1 Å². The lowest BCUT2D eigenvalue weighted by molar-refractivity contribution is -0.112. The first kappa shape index (κ1) is 23.3. The van der Waals surface area contributed by atoms with E-state index in [2.05, 4.69) is 5.32 Å². The summed E-state index contributed by atoms with van der Waals surface area (Å²) in [5.74, 6) is -0.756. The molecule has 4 nitrogen and oxygen atoms in total. The Bertz CT molecular complexity index is 1230. The summed E-state index contributed by atoms with van der Waals surface area (Å²) in [6.07, 6.45) is 1.39. The zero-order valence-corrected chi connectivity index (χ0v) is 18.9. The Kier molecular flexibility index (Phi) is 7.53. The summed E-state index contributed by atoms with van der Waals surface area (Å²) in [5, 5.41) is 12.6. The van der Waals surface area contributed by atoms with Crippen LogP contribution in [0.1, 0.15) is 22.3 Å². The van der Waals surface area contributed by atoms with Gasteiger partial charge in [-0.15, -0.1) is 0 Å². The van der Waals surface area contributed by atoms with Crippen molar-refractivity contribution in [3.63, 3.8) is 0 Å². The predicted molar refractivity (Wildman–Crippen MR) is 125 cm³/mol. The number of benzene rings is 3. The molecule has 162 valence electrons. The highest BCUT2D eigenvalue weighted by Gasteiger charge is 2.14. The fourth-order valence-corrected chi connectivity index (χ4v) is 3.55. The smallest absolute Gasteiger partial charge is 0.266 e. The molecule has 0 unspecified atom stereocenters. The SMILES string of the molecule is Cc1ccc(C)c(NC(=O)/C(C#N)=C/c2cc(Cl)c(OCc3ccccc3F)c(Cl)c2)c1. The average molecular weight is 469 g/mol. The molecule has 0 radical (unpaired) electrons. The van der Waals surface area contributed by atoms with Gasteiger partial charge >= 0.3 is 0 Å². The molecule has 0 saturated carbocycles. The molecule has 3 aromatic rings. The first-order valence-corrected chi connectivity index (χ1v) is 10.4. The molecule has 0 atom stereocenters. The summed E-state index contributed by atoms with van der Waals surface area (Å²) in [5.41, 5.74) is 3.19. The minimum Gasteiger partial charge on any atom is -0.486 e. The molecule has 0 fully saturated rings. The van der Waals surface area contributed by atoms with Gasteiger partial charge in [0.2, 0.25) is 0 Å². The molecule has 3 rings (SSSR count). The van der Waals surface area contributed by atoms with Crippen molar-refractivity contribution in [1.29, 1.82) is 5.26 Å². The summed E-state index contributed by atoms with van der Waals surface area (Å²) in [4.78, 5) is 12.6. The normalized spacial score (nSPS) is 11.1. The Morgan fingerprint density at radius 3 is 2.47 bits per heavy atom. The molecule has 0 aromatic heterocycles. The van der Waals surface area contributed by atoms with E-state index in [1.807, 2.05) is 38.1 Å².